The van der Waals surface area contributed by atoms with Gasteiger partial charge in [-0.1, -0.05) is 30.3 Å². The van der Waals surface area contributed by atoms with Gasteiger partial charge in [0.15, 0.2) is 11.6 Å². The van der Waals surface area contributed by atoms with Crippen LogP contribution in [0.5, 0.6) is 5.75 Å². The molecule has 0 radical (unpaired) electrons. The van der Waals surface area contributed by atoms with Crippen molar-refractivity contribution in [3.63, 3.8) is 0 Å². The molecule has 28 heavy (non-hydrogen) atoms. The fourth-order valence-electron chi connectivity index (χ4n) is 2.87. The van der Waals surface area contributed by atoms with Crippen LogP contribution in [0.4, 0.5) is 9.18 Å². The third kappa shape index (κ3) is 4.68. The van der Waals surface area contributed by atoms with Crippen LogP contribution in [0.25, 0.3) is 5.69 Å². The van der Waals surface area contributed by atoms with Crippen LogP contribution < -0.4 is 15.4 Å². The molecule has 0 atom stereocenters. The molecule has 3 aromatic rings. The largest absolute Gasteiger partial charge is 0.489 e. The number of hydrogen-bond donors (Lipinski definition) is 2. The Morgan fingerprint density at radius 1 is 1.07 bits per heavy atom. The normalized spacial score (nSPS) is 10.5. The number of carbonyl (C=O) groups is 1. The molecule has 146 valence electrons. The van der Waals surface area contributed by atoms with Gasteiger partial charge < -0.3 is 15.4 Å². The monoisotopic (exact) mass is 382 g/mol. The number of rotatable bonds is 7. The predicted octanol–water partition coefficient (Wildman–Crippen LogP) is 3.51. The molecule has 2 amide bonds. The van der Waals surface area contributed by atoms with E-state index in [4.69, 9.17) is 4.74 Å². The molecule has 0 saturated carbocycles. The number of nitrogens with one attached hydrogen (secondary N) is 2. The van der Waals surface area contributed by atoms with Crippen molar-refractivity contribution >= 4 is 6.03 Å². The van der Waals surface area contributed by atoms with Crippen LogP contribution in [0.3, 0.4) is 0 Å². The number of benzene rings is 2. The van der Waals surface area contributed by atoms with E-state index in [0.717, 1.165) is 22.6 Å². The Labute approximate surface area is 163 Å². The molecule has 0 aliphatic heterocycles. The molecule has 2 aromatic carbocycles. The molecule has 6 nitrogen and oxygen atoms in total. The molecule has 7 heteroatoms. The predicted molar refractivity (Wildman–Crippen MR) is 105 cm³/mol. The third-order valence-electron chi connectivity index (χ3n) is 4.35. The summed E-state index contributed by atoms with van der Waals surface area (Å²) in [5.41, 5.74) is 3.79. The van der Waals surface area contributed by atoms with Crippen molar-refractivity contribution in [2.24, 2.45) is 0 Å². The van der Waals surface area contributed by atoms with Crippen LogP contribution in [0.1, 0.15) is 17.0 Å². The van der Waals surface area contributed by atoms with Crippen molar-refractivity contribution in [1.29, 1.82) is 0 Å². The third-order valence-corrected chi connectivity index (χ3v) is 4.35. The van der Waals surface area contributed by atoms with E-state index in [9.17, 15) is 9.18 Å². The first-order valence-corrected chi connectivity index (χ1v) is 9.06. The quantitative estimate of drug-likeness (QED) is 0.615. The maximum Gasteiger partial charge on any atom is 0.315 e. The summed E-state index contributed by atoms with van der Waals surface area (Å²) in [4.78, 5) is 12.0. The maximum absolute atomic E-state index is 13.5. The Morgan fingerprint density at radius 3 is 2.54 bits per heavy atom. The van der Waals surface area contributed by atoms with E-state index in [-0.39, 0.29) is 24.9 Å². The van der Waals surface area contributed by atoms with E-state index < -0.39 is 5.82 Å². The average molecular weight is 382 g/mol. The molecule has 0 unspecified atom stereocenters. The molecular formula is C21H23FN4O2. The zero-order chi connectivity index (χ0) is 19.9. The summed E-state index contributed by atoms with van der Waals surface area (Å²) in [6.07, 6.45) is 0. The van der Waals surface area contributed by atoms with Gasteiger partial charge in [0, 0.05) is 17.8 Å². The van der Waals surface area contributed by atoms with Crippen molar-refractivity contribution in [2.45, 2.75) is 20.4 Å². The van der Waals surface area contributed by atoms with Crippen molar-refractivity contribution in [3.05, 3.63) is 77.4 Å². The van der Waals surface area contributed by atoms with Gasteiger partial charge in [-0.15, -0.1) is 0 Å². The molecule has 0 fully saturated rings. The molecule has 0 spiro atoms. The van der Waals surface area contributed by atoms with Crippen molar-refractivity contribution in [3.8, 4) is 11.4 Å². The lowest BCUT2D eigenvalue weighted by Crippen LogP contribution is -2.37. The van der Waals surface area contributed by atoms with Gasteiger partial charge >= 0.3 is 6.03 Å². The lowest BCUT2D eigenvalue weighted by Gasteiger charge is -2.10. The second kappa shape index (κ2) is 9.03. The lowest BCUT2D eigenvalue weighted by molar-refractivity contribution is 0.235. The SMILES string of the molecule is Cc1nn(-c2ccccc2)c(C)c1CNC(=O)NCCOc1ccccc1F. The molecule has 0 saturated heterocycles. The Morgan fingerprint density at radius 2 is 1.79 bits per heavy atom. The van der Waals surface area contributed by atoms with Crippen LogP contribution >= 0.6 is 0 Å². The number of amides is 2. The van der Waals surface area contributed by atoms with E-state index in [2.05, 4.69) is 15.7 Å². The maximum atomic E-state index is 13.5. The lowest BCUT2D eigenvalue weighted by atomic mass is 10.2. The number of nitrogens with zero attached hydrogens (tertiary/aromatic N) is 2. The van der Waals surface area contributed by atoms with Gasteiger partial charge in [0.2, 0.25) is 0 Å². The zero-order valence-corrected chi connectivity index (χ0v) is 15.9. The summed E-state index contributed by atoms with van der Waals surface area (Å²) >= 11 is 0. The van der Waals surface area contributed by atoms with Crippen LogP contribution in [-0.4, -0.2) is 29.0 Å². The Hall–Kier alpha value is -3.35. The van der Waals surface area contributed by atoms with Gasteiger partial charge in [-0.05, 0) is 38.1 Å². The Balaban J connectivity index is 1.48. The topological polar surface area (TPSA) is 68.2 Å². The number of urea groups is 1. The van der Waals surface area contributed by atoms with Gasteiger partial charge in [0.1, 0.15) is 6.61 Å². The second-order valence-electron chi connectivity index (χ2n) is 6.29. The Kier molecular flexibility index (Phi) is 6.26. The van der Waals surface area contributed by atoms with Gasteiger partial charge in [-0.25, -0.2) is 13.9 Å². The second-order valence-corrected chi connectivity index (χ2v) is 6.29. The molecule has 0 aliphatic rings. The fraction of sp³-hybridized carbons (Fsp3) is 0.238. The molecule has 0 aliphatic carbocycles. The number of hydrogen-bond acceptors (Lipinski definition) is 3. The van der Waals surface area contributed by atoms with Crippen LogP contribution in [0, 0.1) is 19.7 Å². The first-order valence-electron chi connectivity index (χ1n) is 9.06. The zero-order valence-electron chi connectivity index (χ0n) is 15.9. The van der Waals surface area contributed by atoms with Gasteiger partial charge in [0.25, 0.3) is 0 Å². The van der Waals surface area contributed by atoms with Gasteiger partial charge in [0.05, 0.1) is 17.9 Å². The molecule has 0 bridgehead atoms. The van der Waals surface area contributed by atoms with Gasteiger partial charge in [-0.2, -0.15) is 5.10 Å². The molecule has 3 rings (SSSR count). The summed E-state index contributed by atoms with van der Waals surface area (Å²) in [6.45, 7) is 4.71. The standard InChI is InChI=1S/C21H23FN4O2/c1-15-18(16(2)26(25-15)17-8-4-3-5-9-17)14-24-21(27)23-12-13-28-20-11-7-6-10-19(20)22/h3-11H,12-14H2,1-2H3,(H2,23,24,27). The van der Waals surface area contributed by atoms with E-state index in [1.54, 1.807) is 18.2 Å². The summed E-state index contributed by atoms with van der Waals surface area (Å²) in [5, 5.41) is 10.1. The van der Waals surface area contributed by atoms with E-state index >= 15 is 0 Å². The van der Waals surface area contributed by atoms with E-state index in [1.807, 2.05) is 48.9 Å². The summed E-state index contributed by atoms with van der Waals surface area (Å²) < 4.78 is 20.6. The minimum Gasteiger partial charge on any atom is -0.489 e. The van der Waals surface area contributed by atoms with E-state index in [1.165, 1.54) is 6.07 Å². The molecule has 2 N–H and O–H groups in total. The van der Waals surface area contributed by atoms with Crippen LogP contribution in [0.15, 0.2) is 54.6 Å². The molecular weight excluding hydrogens is 359 g/mol. The number of halogens is 1. The van der Waals surface area contributed by atoms with Crippen LogP contribution in [0.2, 0.25) is 0 Å². The minimum absolute atomic E-state index is 0.171. The Bertz CT molecular complexity index is 941. The molecule has 1 aromatic heterocycles. The summed E-state index contributed by atoms with van der Waals surface area (Å²) in [7, 11) is 0. The number of carbonyl (C=O) groups excluding carboxylic acids is 1. The number of ether oxygens (including phenoxy) is 1. The molecule has 1 heterocycles. The highest BCUT2D eigenvalue weighted by Gasteiger charge is 2.13. The number of aromatic nitrogens is 2. The minimum atomic E-state index is -0.423. The van der Waals surface area contributed by atoms with Crippen molar-refractivity contribution < 1.29 is 13.9 Å². The highest BCUT2D eigenvalue weighted by molar-refractivity contribution is 5.73. The van der Waals surface area contributed by atoms with Crippen molar-refractivity contribution in [2.75, 3.05) is 13.2 Å². The average Bonchev–Trinajstić information content (AvgIpc) is 2.99. The van der Waals surface area contributed by atoms with Gasteiger partial charge in [-0.3, -0.25) is 0 Å². The fourth-order valence-corrected chi connectivity index (χ4v) is 2.87. The first-order chi connectivity index (χ1) is 13.6. The summed E-state index contributed by atoms with van der Waals surface area (Å²) in [5.74, 6) is -0.252. The number of para-hydroxylation sites is 2. The van der Waals surface area contributed by atoms with Crippen molar-refractivity contribution in [1.82, 2.24) is 20.4 Å². The first kappa shape index (κ1) is 19.4. The number of aryl methyl sites for hydroxylation is 1. The van der Waals surface area contributed by atoms with Crippen LogP contribution in [-0.2, 0) is 6.54 Å². The highest BCUT2D eigenvalue weighted by Crippen LogP contribution is 2.17. The van der Waals surface area contributed by atoms with E-state index in [0.29, 0.717) is 6.54 Å². The summed E-state index contributed by atoms with van der Waals surface area (Å²) in [6, 6.07) is 15.7. The smallest absolute Gasteiger partial charge is 0.315 e. The highest BCUT2D eigenvalue weighted by atomic mass is 19.1.